The predicted octanol–water partition coefficient (Wildman–Crippen LogP) is 3.54. The van der Waals surface area contributed by atoms with Gasteiger partial charge in [0.2, 0.25) is 5.91 Å². The molecule has 2 heterocycles. The van der Waals surface area contributed by atoms with E-state index in [9.17, 15) is 4.79 Å². The number of carbonyl (C=O) groups excluding carboxylic acids is 1. The molecule has 1 aliphatic heterocycles. The highest BCUT2D eigenvalue weighted by atomic mass is 35.5. The molecule has 1 N–H and O–H groups in total. The van der Waals surface area contributed by atoms with E-state index in [1.54, 1.807) is 18.3 Å². The molecule has 0 unspecified atom stereocenters. The van der Waals surface area contributed by atoms with Crippen LogP contribution in [-0.4, -0.2) is 48.5 Å². The molecule has 1 fully saturated rings. The number of rotatable bonds is 5. The summed E-state index contributed by atoms with van der Waals surface area (Å²) in [6.07, 6.45) is 2.23. The summed E-state index contributed by atoms with van der Waals surface area (Å²) in [6.45, 7) is 3.59. The number of halogens is 2. The van der Waals surface area contributed by atoms with Crippen molar-refractivity contribution in [3.8, 4) is 0 Å². The van der Waals surface area contributed by atoms with Crippen LogP contribution in [0.25, 0.3) is 0 Å². The molecule has 1 aromatic carbocycles. The Labute approximate surface area is 157 Å². The molecule has 1 amide bonds. The number of benzene rings is 1. The smallest absolute Gasteiger partial charge is 0.224 e. The van der Waals surface area contributed by atoms with E-state index in [2.05, 4.69) is 15.2 Å². The molecule has 3 rings (SSSR count). The Bertz CT molecular complexity index is 718. The Hall–Kier alpha value is -1.98. The average molecular weight is 379 g/mol. The molecule has 0 radical (unpaired) electrons. The molecule has 132 valence electrons. The summed E-state index contributed by atoms with van der Waals surface area (Å²) < 4.78 is 0. The SMILES string of the molecule is O=C(CCNc1ccc(Cl)cc1Cl)N1CCN(c2ccccn2)CC1. The summed E-state index contributed by atoms with van der Waals surface area (Å²) in [5, 5.41) is 4.34. The fraction of sp³-hybridized carbons (Fsp3) is 0.333. The van der Waals surface area contributed by atoms with Gasteiger partial charge in [-0.15, -0.1) is 0 Å². The maximum absolute atomic E-state index is 12.4. The molecule has 1 saturated heterocycles. The lowest BCUT2D eigenvalue weighted by Crippen LogP contribution is -2.49. The van der Waals surface area contributed by atoms with Crippen LogP contribution < -0.4 is 10.2 Å². The zero-order chi connectivity index (χ0) is 17.6. The van der Waals surface area contributed by atoms with Crippen molar-refractivity contribution in [1.82, 2.24) is 9.88 Å². The van der Waals surface area contributed by atoms with Crippen molar-refractivity contribution in [3.05, 3.63) is 52.6 Å². The first kappa shape index (κ1) is 17.8. The van der Waals surface area contributed by atoms with Gasteiger partial charge in [-0.1, -0.05) is 29.3 Å². The highest BCUT2D eigenvalue weighted by Gasteiger charge is 2.21. The second-order valence-corrected chi connectivity index (χ2v) is 6.70. The highest BCUT2D eigenvalue weighted by molar-refractivity contribution is 6.36. The summed E-state index contributed by atoms with van der Waals surface area (Å²) in [7, 11) is 0. The van der Waals surface area contributed by atoms with Crippen LogP contribution in [0.3, 0.4) is 0 Å². The standard InChI is InChI=1S/C18H20Cl2N4O/c19-14-4-5-16(15(20)13-14)21-8-6-18(25)24-11-9-23(10-12-24)17-3-1-2-7-22-17/h1-5,7,13,21H,6,8-12H2. The Morgan fingerprint density at radius 1 is 1.12 bits per heavy atom. The monoisotopic (exact) mass is 378 g/mol. The Morgan fingerprint density at radius 3 is 2.60 bits per heavy atom. The molecule has 25 heavy (non-hydrogen) atoms. The van der Waals surface area contributed by atoms with Crippen molar-refractivity contribution >= 4 is 40.6 Å². The summed E-state index contributed by atoms with van der Waals surface area (Å²) in [4.78, 5) is 20.8. The van der Waals surface area contributed by atoms with E-state index in [0.29, 0.717) is 23.0 Å². The highest BCUT2D eigenvalue weighted by Crippen LogP contribution is 2.25. The molecular weight excluding hydrogens is 359 g/mol. The van der Waals surface area contributed by atoms with Crippen molar-refractivity contribution in [2.75, 3.05) is 42.9 Å². The number of nitrogens with one attached hydrogen (secondary N) is 1. The van der Waals surface area contributed by atoms with Gasteiger partial charge in [-0.3, -0.25) is 4.79 Å². The van der Waals surface area contributed by atoms with Crippen LogP contribution in [-0.2, 0) is 4.79 Å². The maximum Gasteiger partial charge on any atom is 0.224 e. The molecule has 0 bridgehead atoms. The lowest BCUT2D eigenvalue weighted by Gasteiger charge is -2.35. The minimum atomic E-state index is 0.151. The van der Waals surface area contributed by atoms with Gasteiger partial charge >= 0.3 is 0 Å². The van der Waals surface area contributed by atoms with Gasteiger partial charge in [0.05, 0.1) is 10.7 Å². The molecule has 0 aliphatic carbocycles. The third kappa shape index (κ3) is 4.77. The molecule has 5 nitrogen and oxygen atoms in total. The second-order valence-electron chi connectivity index (χ2n) is 5.86. The fourth-order valence-corrected chi connectivity index (χ4v) is 3.30. The molecule has 1 aromatic heterocycles. The molecule has 1 aliphatic rings. The van der Waals surface area contributed by atoms with Gasteiger partial charge in [0.1, 0.15) is 5.82 Å². The van der Waals surface area contributed by atoms with Crippen LogP contribution in [0.1, 0.15) is 6.42 Å². The number of amides is 1. The number of nitrogens with zero attached hydrogens (tertiary/aromatic N) is 3. The maximum atomic E-state index is 12.4. The van der Waals surface area contributed by atoms with Crippen LogP contribution in [0.4, 0.5) is 11.5 Å². The van der Waals surface area contributed by atoms with E-state index in [-0.39, 0.29) is 5.91 Å². The van der Waals surface area contributed by atoms with Gasteiger partial charge in [0, 0.05) is 50.4 Å². The van der Waals surface area contributed by atoms with Gasteiger partial charge in [0.15, 0.2) is 0 Å². The molecule has 0 saturated carbocycles. The van der Waals surface area contributed by atoms with E-state index >= 15 is 0 Å². The lowest BCUT2D eigenvalue weighted by atomic mass is 10.2. The first-order valence-corrected chi connectivity index (χ1v) is 9.02. The second kappa shape index (κ2) is 8.41. The molecule has 7 heteroatoms. The quantitative estimate of drug-likeness (QED) is 0.864. The summed E-state index contributed by atoms with van der Waals surface area (Å²) in [5.74, 6) is 1.12. The van der Waals surface area contributed by atoms with Crippen molar-refractivity contribution in [2.45, 2.75) is 6.42 Å². The number of piperazine rings is 1. The zero-order valence-electron chi connectivity index (χ0n) is 13.8. The van der Waals surface area contributed by atoms with Gasteiger partial charge in [-0.05, 0) is 30.3 Å². The first-order valence-electron chi connectivity index (χ1n) is 8.26. The number of carbonyl (C=O) groups is 1. The van der Waals surface area contributed by atoms with Gasteiger partial charge in [-0.2, -0.15) is 0 Å². The fourth-order valence-electron chi connectivity index (χ4n) is 2.82. The Balaban J connectivity index is 1.43. The zero-order valence-corrected chi connectivity index (χ0v) is 15.3. The Morgan fingerprint density at radius 2 is 1.92 bits per heavy atom. The van der Waals surface area contributed by atoms with Crippen LogP contribution in [0.15, 0.2) is 42.6 Å². The Kier molecular flexibility index (Phi) is 6.00. The van der Waals surface area contributed by atoms with Crippen molar-refractivity contribution in [2.24, 2.45) is 0 Å². The average Bonchev–Trinajstić information content (AvgIpc) is 2.64. The first-order chi connectivity index (χ1) is 12.1. The summed E-state index contributed by atoms with van der Waals surface area (Å²) >= 11 is 12.0. The number of pyridine rings is 1. The molecule has 0 atom stereocenters. The predicted molar refractivity (Wildman–Crippen MR) is 103 cm³/mol. The van der Waals surface area contributed by atoms with Crippen LogP contribution >= 0.6 is 23.2 Å². The van der Waals surface area contributed by atoms with Gasteiger partial charge < -0.3 is 15.1 Å². The minimum absolute atomic E-state index is 0.151. The van der Waals surface area contributed by atoms with Crippen LogP contribution in [0.5, 0.6) is 0 Å². The summed E-state index contributed by atoms with van der Waals surface area (Å²) in [6, 6.07) is 11.2. The van der Waals surface area contributed by atoms with Gasteiger partial charge in [-0.25, -0.2) is 4.98 Å². The largest absolute Gasteiger partial charge is 0.383 e. The number of aromatic nitrogens is 1. The summed E-state index contributed by atoms with van der Waals surface area (Å²) in [5.41, 5.74) is 0.791. The van der Waals surface area contributed by atoms with E-state index in [1.165, 1.54) is 0 Å². The van der Waals surface area contributed by atoms with E-state index in [1.807, 2.05) is 29.2 Å². The number of anilines is 2. The van der Waals surface area contributed by atoms with Gasteiger partial charge in [0.25, 0.3) is 0 Å². The van der Waals surface area contributed by atoms with Crippen LogP contribution in [0, 0.1) is 0 Å². The number of hydrogen-bond donors (Lipinski definition) is 1. The third-order valence-electron chi connectivity index (χ3n) is 4.19. The van der Waals surface area contributed by atoms with E-state index in [0.717, 1.165) is 37.7 Å². The molecule has 0 spiro atoms. The molecule has 2 aromatic rings. The number of hydrogen-bond acceptors (Lipinski definition) is 4. The van der Waals surface area contributed by atoms with Crippen molar-refractivity contribution in [1.29, 1.82) is 0 Å². The lowest BCUT2D eigenvalue weighted by molar-refractivity contribution is -0.131. The topological polar surface area (TPSA) is 48.5 Å². The minimum Gasteiger partial charge on any atom is -0.383 e. The third-order valence-corrected chi connectivity index (χ3v) is 4.74. The van der Waals surface area contributed by atoms with Crippen molar-refractivity contribution < 1.29 is 4.79 Å². The molecular formula is C18H20Cl2N4O. The van der Waals surface area contributed by atoms with Crippen LogP contribution in [0.2, 0.25) is 10.0 Å². The van der Waals surface area contributed by atoms with E-state index in [4.69, 9.17) is 23.2 Å². The van der Waals surface area contributed by atoms with Crippen molar-refractivity contribution in [3.63, 3.8) is 0 Å². The normalized spacial score (nSPS) is 14.5. The van der Waals surface area contributed by atoms with E-state index < -0.39 is 0 Å².